The van der Waals surface area contributed by atoms with Crippen LogP contribution in [0.3, 0.4) is 0 Å². The second-order valence-electron chi connectivity index (χ2n) is 4.05. The zero-order chi connectivity index (χ0) is 13.2. The van der Waals surface area contributed by atoms with Gasteiger partial charge in [0.15, 0.2) is 5.58 Å². The summed E-state index contributed by atoms with van der Waals surface area (Å²) in [5.41, 5.74) is 2.27. The first kappa shape index (κ1) is 11.9. The van der Waals surface area contributed by atoms with Crippen molar-refractivity contribution in [3.63, 3.8) is 0 Å². The lowest BCUT2D eigenvalue weighted by atomic mass is 10.2. The highest BCUT2D eigenvalue weighted by Crippen LogP contribution is 2.21. The van der Waals surface area contributed by atoms with Crippen molar-refractivity contribution in [2.75, 3.05) is 0 Å². The molecule has 2 nitrogen and oxygen atoms in total. The maximum absolute atomic E-state index is 12.8. The van der Waals surface area contributed by atoms with E-state index in [9.17, 15) is 4.39 Å². The summed E-state index contributed by atoms with van der Waals surface area (Å²) < 4.78 is 18.3. The Labute approximate surface area is 114 Å². The topological polar surface area (TPSA) is 26.0 Å². The van der Waals surface area contributed by atoms with Gasteiger partial charge < -0.3 is 4.42 Å². The number of halogens is 2. The lowest BCUT2D eigenvalue weighted by Gasteiger charge is -1.91. The van der Waals surface area contributed by atoms with E-state index in [-0.39, 0.29) is 5.82 Å². The Kier molecular flexibility index (Phi) is 3.05. The van der Waals surface area contributed by atoms with E-state index in [1.165, 1.54) is 12.1 Å². The van der Waals surface area contributed by atoms with Gasteiger partial charge in [0.25, 0.3) is 0 Å². The molecule has 3 aromatic rings. The fourth-order valence-electron chi connectivity index (χ4n) is 1.73. The average molecular weight is 274 g/mol. The molecule has 94 valence electrons. The molecule has 4 heteroatoms. The van der Waals surface area contributed by atoms with Gasteiger partial charge in [0, 0.05) is 11.1 Å². The summed E-state index contributed by atoms with van der Waals surface area (Å²) in [6.45, 7) is 0. The van der Waals surface area contributed by atoms with Crippen molar-refractivity contribution in [1.82, 2.24) is 4.98 Å². The van der Waals surface area contributed by atoms with E-state index in [1.807, 2.05) is 6.08 Å². The highest BCUT2D eigenvalue weighted by Gasteiger charge is 2.03. The Hall–Kier alpha value is -2.13. The molecule has 0 atom stereocenters. The summed E-state index contributed by atoms with van der Waals surface area (Å²) in [6, 6.07) is 11.5. The molecule has 0 radical (unpaired) electrons. The molecule has 0 N–H and O–H groups in total. The molecule has 0 aliphatic heterocycles. The summed E-state index contributed by atoms with van der Waals surface area (Å²) in [5, 5.41) is 0.620. The Balaban J connectivity index is 1.90. The van der Waals surface area contributed by atoms with Gasteiger partial charge in [-0.15, -0.1) is 0 Å². The maximum Gasteiger partial charge on any atom is 0.220 e. The number of fused-ring (bicyclic) bond motifs is 1. The standard InChI is InChI=1S/C15H9ClFNO/c16-11-4-7-14-13(9-11)18-15(19-14)8-3-10-1-5-12(17)6-2-10/h1-9H/b8-3+. The van der Waals surface area contributed by atoms with E-state index in [0.717, 1.165) is 5.56 Å². The predicted molar refractivity (Wildman–Crippen MR) is 74.3 cm³/mol. The van der Waals surface area contributed by atoms with E-state index in [2.05, 4.69) is 4.98 Å². The molecule has 0 unspecified atom stereocenters. The number of rotatable bonds is 2. The van der Waals surface area contributed by atoms with E-state index in [4.69, 9.17) is 16.0 Å². The van der Waals surface area contributed by atoms with E-state index in [0.29, 0.717) is 22.0 Å². The zero-order valence-electron chi connectivity index (χ0n) is 9.81. The van der Waals surface area contributed by atoms with Gasteiger partial charge in [-0.3, -0.25) is 0 Å². The van der Waals surface area contributed by atoms with Gasteiger partial charge in [-0.2, -0.15) is 0 Å². The molecular weight excluding hydrogens is 265 g/mol. The predicted octanol–water partition coefficient (Wildman–Crippen LogP) is 4.79. The monoisotopic (exact) mass is 273 g/mol. The number of nitrogens with zero attached hydrogens (tertiary/aromatic N) is 1. The van der Waals surface area contributed by atoms with Crippen LogP contribution in [-0.4, -0.2) is 4.98 Å². The molecule has 0 amide bonds. The van der Waals surface area contributed by atoms with Crippen LogP contribution in [0, 0.1) is 5.82 Å². The van der Waals surface area contributed by atoms with Crippen molar-refractivity contribution in [2.24, 2.45) is 0 Å². The third-order valence-electron chi connectivity index (χ3n) is 2.65. The van der Waals surface area contributed by atoms with Crippen LogP contribution in [0.15, 0.2) is 46.9 Å². The van der Waals surface area contributed by atoms with Crippen LogP contribution < -0.4 is 0 Å². The normalized spacial score (nSPS) is 11.5. The van der Waals surface area contributed by atoms with Crippen LogP contribution in [0.5, 0.6) is 0 Å². The highest BCUT2D eigenvalue weighted by molar-refractivity contribution is 6.31. The minimum Gasteiger partial charge on any atom is -0.437 e. The fraction of sp³-hybridized carbons (Fsp3) is 0. The third-order valence-corrected chi connectivity index (χ3v) is 2.89. The molecule has 1 heterocycles. The smallest absolute Gasteiger partial charge is 0.220 e. The molecule has 0 aliphatic rings. The molecule has 0 bridgehead atoms. The summed E-state index contributed by atoms with van der Waals surface area (Å²) in [5.74, 6) is 0.232. The molecule has 2 aromatic carbocycles. The zero-order valence-corrected chi connectivity index (χ0v) is 10.6. The number of hydrogen-bond acceptors (Lipinski definition) is 2. The van der Waals surface area contributed by atoms with Crippen molar-refractivity contribution in [1.29, 1.82) is 0 Å². The van der Waals surface area contributed by atoms with Crippen LogP contribution in [0.2, 0.25) is 5.02 Å². The molecule has 19 heavy (non-hydrogen) atoms. The van der Waals surface area contributed by atoms with E-state index in [1.54, 1.807) is 36.4 Å². The van der Waals surface area contributed by atoms with Gasteiger partial charge in [0.2, 0.25) is 5.89 Å². The number of hydrogen-bond donors (Lipinski definition) is 0. The quantitative estimate of drug-likeness (QED) is 0.671. The van der Waals surface area contributed by atoms with Crippen molar-refractivity contribution in [3.8, 4) is 0 Å². The van der Waals surface area contributed by atoms with Gasteiger partial charge in [0.05, 0.1) is 0 Å². The summed E-state index contributed by atoms with van der Waals surface area (Å²) in [4.78, 5) is 4.29. The second-order valence-corrected chi connectivity index (χ2v) is 4.49. The molecule has 0 saturated heterocycles. The minimum atomic E-state index is -0.256. The Morgan fingerprint density at radius 2 is 1.84 bits per heavy atom. The molecule has 1 aromatic heterocycles. The van der Waals surface area contributed by atoms with E-state index >= 15 is 0 Å². The Bertz CT molecular complexity index is 746. The molecule has 3 rings (SSSR count). The van der Waals surface area contributed by atoms with Gasteiger partial charge >= 0.3 is 0 Å². The van der Waals surface area contributed by atoms with Crippen LogP contribution in [0.25, 0.3) is 23.3 Å². The Morgan fingerprint density at radius 3 is 2.63 bits per heavy atom. The molecule has 0 fully saturated rings. The van der Waals surface area contributed by atoms with Gasteiger partial charge in [-0.1, -0.05) is 23.7 Å². The number of aromatic nitrogens is 1. The second kappa shape index (κ2) is 4.86. The first-order valence-electron chi connectivity index (χ1n) is 5.70. The van der Waals surface area contributed by atoms with Crippen LogP contribution in [-0.2, 0) is 0 Å². The minimum absolute atomic E-state index is 0.256. The van der Waals surface area contributed by atoms with Crippen LogP contribution in [0.4, 0.5) is 4.39 Å². The van der Waals surface area contributed by atoms with Crippen molar-refractivity contribution in [3.05, 3.63) is 64.8 Å². The van der Waals surface area contributed by atoms with Gasteiger partial charge in [-0.25, -0.2) is 9.37 Å². The van der Waals surface area contributed by atoms with Gasteiger partial charge in [0.1, 0.15) is 11.3 Å². The molecule has 0 aliphatic carbocycles. The fourth-order valence-corrected chi connectivity index (χ4v) is 1.90. The molecule has 0 saturated carbocycles. The number of benzene rings is 2. The summed E-state index contributed by atoms with van der Waals surface area (Å²) in [7, 11) is 0. The Morgan fingerprint density at radius 1 is 1.05 bits per heavy atom. The first-order valence-corrected chi connectivity index (χ1v) is 6.08. The van der Waals surface area contributed by atoms with Crippen molar-refractivity contribution < 1.29 is 8.81 Å². The summed E-state index contributed by atoms with van der Waals surface area (Å²) >= 11 is 5.88. The molecule has 0 spiro atoms. The summed E-state index contributed by atoms with van der Waals surface area (Å²) in [6.07, 6.45) is 3.55. The lowest BCUT2D eigenvalue weighted by Crippen LogP contribution is -1.74. The SMILES string of the molecule is Fc1ccc(/C=C/c2nc3cc(Cl)ccc3o2)cc1. The van der Waals surface area contributed by atoms with Crippen LogP contribution >= 0.6 is 11.6 Å². The van der Waals surface area contributed by atoms with Crippen molar-refractivity contribution in [2.45, 2.75) is 0 Å². The average Bonchev–Trinajstić information content (AvgIpc) is 2.80. The third kappa shape index (κ3) is 2.66. The van der Waals surface area contributed by atoms with Gasteiger partial charge in [-0.05, 0) is 42.0 Å². The molecular formula is C15H9ClFNO. The van der Waals surface area contributed by atoms with Crippen LogP contribution in [0.1, 0.15) is 11.5 Å². The first-order chi connectivity index (χ1) is 9.20. The number of oxazole rings is 1. The lowest BCUT2D eigenvalue weighted by molar-refractivity contribution is 0.590. The van der Waals surface area contributed by atoms with Crippen molar-refractivity contribution >= 4 is 34.9 Å². The van der Waals surface area contributed by atoms with E-state index < -0.39 is 0 Å². The largest absolute Gasteiger partial charge is 0.437 e. The highest BCUT2D eigenvalue weighted by atomic mass is 35.5. The maximum atomic E-state index is 12.8.